The van der Waals surface area contributed by atoms with E-state index < -0.39 is 6.04 Å². The zero-order chi connectivity index (χ0) is 14.5. The van der Waals surface area contributed by atoms with Crippen molar-refractivity contribution in [1.29, 1.82) is 0 Å². The lowest BCUT2D eigenvalue weighted by atomic mass is 10.0. The Labute approximate surface area is 117 Å². The first-order valence-corrected chi connectivity index (χ1v) is 6.78. The zero-order valence-electron chi connectivity index (χ0n) is 11.6. The van der Waals surface area contributed by atoms with Crippen molar-refractivity contribution in [1.82, 2.24) is 14.5 Å². The van der Waals surface area contributed by atoms with Crippen molar-refractivity contribution in [2.24, 2.45) is 5.73 Å². The third-order valence-electron chi connectivity index (χ3n) is 3.48. The predicted molar refractivity (Wildman–Crippen MR) is 72.0 cm³/mol. The van der Waals surface area contributed by atoms with Crippen LogP contribution in [0.15, 0.2) is 12.5 Å². The molecule has 20 heavy (non-hydrogen) atoms. The summed E-state index contributed by atoms with van der Waals surface area (Å²) in [5.41, 5.74) is 5.81. The number of rotatable bonds is 4. The number of amides is 1. The summed E-state index contributed by atoms with van der Waals surface area (Å²) in [5, 5.41) is 0. The van der Waals surface area contributed by atoms with Crippen LogP contribution >= 0.6 is 0 Å². The van der Waals surface area contributed by atoms with Gasteiger partial charge in [-0.05, 0) is 19.3 Å². The molecule has 1 amide bonds. The smallest absolute Gasteiger partial charge is 0.328 e. The second-order valence-corrected chi connectivity index (χ2v) is 4.82. The number of piperidine rings is 1. The number of nitrogens with zero attached hydrogens (tertiary/aromatic N) is 3. The van der Waals surface area contributed by atoms with Crippen LogP contribution in [-0.4, -0.2) is 52.6 Å². The van der Waals surface area contributed by atoms with E-state index in [2.05, 4.69) is 4.98 Å². The highest BCUT2D eigenvalue weighted by Crippen LogP contribution is 2.20. The maximum absolute atomic E-state index is 12.5. The third-order valence-corrected chi connectivity index (χ3v) is 3.48. The van der Waals surface area contributed by atoms with Gasteiger partial charge >= 0.3 is 5.97 Å². The maximum Gasteiger partial charge on any atom is 0.328 e. The fourth-order valence-electron chi connectivity index (χ4n) is 2.44. The van der Waals surface area contributed by atoms with Gasteiger partial charge in [-0.1, -0.05) is 0 Å². The molecule has 2 N–H and O–H groups in total. The van der Waals surface area contributed by atoms with Gasteiger partial charge in [0, 0.05) is 25.8 Å². The summed E-state index contributed by atoms with van der Waals surface area (Å²) in [6.45, 7) is 1.65. The number of likely N-dealkylation sites (tertiary alicyclic amines) is 1. The highest BCUT2D eigenvalue weighted by Gasteiger charge is 2.34. The number of carbonyl (C=O) groups excluding carboxylic acids is 2. The Bertz CT molecular complexity index is 486. The van der Waals surface area contributed by atoms with Gasteiger partial charge in [0.1, 0.15) is 11.7 Å². The molecule has 7 heteroatoms. The number of ether oxygens (including phenoxy) is 1. The van der Waals surface area contributed by atoms with Gasteiger partial charge in [0.05, 0.1) is 13.4 Å². The summed E-state index contributed by atoms with van der Waals surface area (Å²) in [7, 11) is 1.34. The highest BCUT2D eigenvalue weighted by atomic mass is 16.5. The summed E-state index contributed by atoms with van der Waals surface area (Å²) in [6, 6.07) is -0.499. The Morgan fingerprint density at radius 2 is 2.30 bits per heavy atom. The second kappa shape index (κ2) is 6.51. The Morgan fingerprint density at radius 3 is 3.00 bits per heavy atom. The zero-order valence-corrected chi connectivity index (χ0v) is 11.6. The Morgan fingerprint density at radius 1 is 1.50 bits per heavy atom. The number of esters is 1. The third kappa shape index (κ3) is 2.98. The summed E-state index contributed by atoms with van der Waals surface area (Å²) in [4.78, 5) is 29.9. The van der Waals surface area contributed by atoms with Crippen LogP contribution in [0, 0.1) is 0 Å². The SMILES string of the molecule is COC(=O)C1CCCCN1C(=O)c1cn(CCN)cn1. The molecule has 7 nitrogen and oxygen atoms in total. The first kappa shape index (κ1) is 14.5. The molecule has 1 aromatic rings. The first-order chi connectivity index (χ1) is 9.67. The number of nitrogens with two attached hydrogens (primary N) is 1. The first-order valence-electron chi connectivity index (χ1n) is 6.78. The molecule has 0 bridgehead atoms. The molecule has 0 aromatic carbocycles. The molecule has 1 aliphatic rings. The largest absolute Gasteiger partial charge is 0.467 e. The van der Waals surface area contributed by atoms with E-state index in [4.69, 9.17) is 10.5 Å². The van der Waals surface area contributed by atoms with E-state index in [1.807, 2.05) is 0 Å². The van der Waals surface area contributed by atoms with Gasteiger partial charge in [-0.25, -0.2) is 9.78 Å². The van der Waals surface area contributed by atoms with Crippen LogP contribution in [0.2, 0.25) is 0 Å². The molecule has 1 atom stereocenters. The van der Waals surface area contributed by atoms with Crippen molar-refractivity contribution in [2.45, 2.75) is 31.8 Å². The van der Waals surface area contributed by atoms with Crippen LogP contribution in [-0.2, 0) is 16.1 Å². The molecular formula is C13H20N4O3. The fraction of sp³-hybridized carbons (Fsp3) is 0.615. The van der Waals surface area contributed by atoms with Crippen molar-refractivity contribution < 1.29 is 14.3 Å². The fourth-order valence-corrected chi connectivity index (χ4v) is 2.44. The van der Waals surface area contributed by atoms with E-state index in [0.29, 0.717) is 31.7 Å². The number of methoxy groups -OCH3 is 1. The summed E-state index contributed by atoms with van der Waals surface area (Å²) in [5.74, 6) is -0.588. The Hall–Kier alpha value is -1.89. The van der Waals surface area contributed by atoms with Crippen LogP contribution in [0.5, 0.6) is 0 Å². The minimum absolute atomic E-state index is 0.226. The summed E-state index contributed by atoms with van der Waals surface area (Å²) in [6.07, 6.45) is 5.70. The molecule has 0 spiro atoms. The molecule has 0 saturated carbocycles. The van der Waals surface area contributed by atoms with Crippen LogP contribution < -0.4 is 5.73 Å². The van der Waals surface area contributed by atoms with Crippen molar-refractivity contribution in [3.05, 3.63) is 18.2 Å². The lowest BCUT2D eigenvalue weighted by Crippen LogP contribution is -2.48. The topological polar surface area (TPSA) is 90.5 Å². The molecule has 1 aliphatic heterocycles. The quantitative estimate of drug-likeness (QED) is 0.785. The average Bonchev–Trinajstić information content (AvgIpc) is 2.94. The van der Waals surface area contributed by atoms with Crippen molar-refractivity contribution in [3.8, 4) is 0 Å². The van der Waals surface area contributed by atoms with Gasteiger partial charge in [-0.2, -0.15) is 0 Å². The standard InChI is InChI=1S/C13H20N4O3/c1-20-13(19)11-4-2-3-6-17(11)12(18)10-8-16(7-5-14)9-15-10/h8-9,11H,2-7,14H2,1H3. The van der Waals surface area contributed by atoms with Gasteiger partial charge in [-0.15, -0.1) is 0 Å². The van der Waals surface area contributed by atoms with Crippen LogP contribution in [0.1, 0.15) is 29.8 Å². The molecule has 0 aliphatic carbocycles. The maximum atomic E-state index is 12.5. The Kier molecular flexibility index (Phi) is 4.73. The van der Waals surface area contributed by atoms with E-state index >= 15 is 0 Å². The normalized spacial score (nSPS) is 18.9. The lowest BCUT2D eigenvalue weighted by Gasteiger charge is -2.33. The average molecular weight is 280 g/mol. The molecular weight excluding hydrogens is 260 g/mol. The van der Waals surface area contributed by atoms with Gasteiger partial charge in [0.15, 0.2) is 0 Å². The second-order valence-electron chi connectivity index (χ2n) is 4.82. The van der Waals surface area contributed by atoms with Crippen molar-refractivity contribution >= 4 is 11.9 Å². The Balaban J connectivity index is 2.14. The van der Waals surface area contributed by atoms with Gasteiger partial charge in [0.25, 0.3) is 5.91 Å². The van der Waals surface area contributed by atoms with E-state index in [0.717, 1.165) is 12.8 Å². The van der Waals surface area contributed by atoms with Crippen LogP contribution in [0.3, 0.4) is 0 Å². The molecule has 1 saturated heterocycles. The number of hydrogen-bond donors (Lipinski definition) is 1. The van der Waals surface area contributed by atoms with Crippen molar-refractivity contribution in [3.63, 3.8) is 0 Å². The number of aromatic nitrogens is 2. The van der Waals surface area contributed by atoms with Gasteiger partial charge in [-0.3, -0.25) is 4.79 Å². The monoisotopic (exact) mass is 280 g/mol. The molecule has 0 radical (unpaired) electrons. The van der Waals surface area contributed by atoms with E-state index in [-0.39, 0.29) is 11.9 Å². The summed E-state index contributed by atoms with van der Waals surface area (Å²) < 4.78 is 6.54. The summed E-state index contributed by atoms with van der Waals surface area (Å²) >= 11 is 0. The van der Waals surface area contributed by atoms with Crippen LogP contribution in [0.25, 0.3) is 0 Å². The van der Waals surface area contributed by atoms with Crippen LogP contribution in [0.4, 0.5) is 0 Å². The molecule has 110 valence electrons. The van der Waals surface area contributed by atoms with E-state index in [1.165, 1.54) is 7.11 Å². The predicted octanol–water partition coefficient (Wildman–Crippen LogP) is 0.00950. The minimum atomic E-state index is -0.499. The van der Waals surface area contributed by atoms with Gasteiger partial charge in [0.2, 0.25) is 0 Å². The number of imidazole rings is 1. The van der Waals surface area contributed by atoms with Gasteiger partial charge < -0.3 is 19.9 Å². The molecule has 2 heterocycles. The van der Waals surface area contributed by atoms with E-state index in [1.54, 1.807) is 22.0 Å². The highest BCUT2D eigenvalue weighted by molar-refractivity contribution is 5.95. The lowest BCUT2D eigenvalue weighted by molar-refractivity contribution is -0.147. The van der Waals surface area contributed by atoms with E-state index in [9.17, 15) is 9.59 Å². The van der Waals surface area contributed by atoms with Crippen molar-refractivity contribution in [2.75, 3.05) is 20.2 Å². The molecule has 1 unspecified atom stereocenters. The minimum Gasteiger partial charge on any atom is -0.467 e. The molecule has 1 aromatic heterocycles. The molecule has 2 rings (SSSR count). The molecule has 1 fully saturated rings. The number of carbonyl (C=O) groups is 2. The number of hydrogen-bond acceptors (Lipinski definition) is 5.